The van der Waals surface area contributed by atoms with Crippen LogP contribution in [0.15, 0.2) is 28.9 Å². The van der Waals surface area contributed by atoms with Crippen molar-refractivity contribution >= 4 is 22.6 Å². The molecule has 1 aliphatic heterocycles. The monoisotopic (exact) mass is 370 g/mol. The summed E-state index contributed by atoms with van der Waals surface area (Å²) in [5.41, 5.74) is 3.94. The molecule has 0 aliphatic carbocycles. The number of hydrogen-bond donors (Lipinski definition) is 2. The van der Waals surface area contributed by atoms with Crippen molar-refractivity contribution in [1.82, 2.24) is 9.97 Å². The van der Waals surface area contributed by atoms with Crippen molar-refractivity contribution in [1.29, 1.82) is 0 Å². The molecular weight excluding hydrogens is 348 g/mol. The zero-order valence-corrected chi connectivity index (χ0v) is 15.4. The molecular formula is C19H22N4O4. The molecule has 27 heavy (non-hydrogen) atoms. The van der Waals surface area contributed by atoms with Gasteiger partial charge in [-0.2, -0.15) is 0 Å². The van der Waals surface area contributed by atoms with Gasteiger partial charge in [-0.15, -0.1) is 0 Å². The molecule has 8 nitrogen and oxygen atoms in total. The highest BCUT2D eigenvalue weighted by atomic mass is 16.5. The Hall–Kier alpha value is -2.84. The molecule has 1 aromatic carbocycles. The first-order valence-corrected chi connectivity index (χ1v) is 8.83. The van der Waals surface area contributed by atoms with E-state index in [2.05, 4.69) is 26.3 Å². The largest absolute Gasteiger partial charge is 0.496 e. The Morgan fingerprint density at radius 2 is 2.04 bits per heavy atom. The Morgan fingerprint density at radius 1 is 1.22 bits per heavy atom. The summed E-state index contributed by atoms with van der Waals surface area (Å²) in [6, 6.07) is 6.09. The third-order valence-electron chi connectivity index (χ3n) is 4.69. The second kappa shape index (κ2) is 7.42. The Bertz CT molecular complexity index is 950. The maximum Gasteiger partial charge on any atom is 0.195 e. The van der Waals surface area contributed by atoms with Crippen LogP contribution in [0.4, 0.5) is 11.5 Å². The lowest BCUT2D eigenvalue weighted by Gasteiger charge is -2.29. The van der Waals surface area contributed by atoms with E-state index in [4.69, 9.17) is 13.9 Å². The summed E-state index contributed by atoms with van der Waals surface area (Å²) in [6.45, 7) is 2.92. The molecule has 1 aliphatic rings. The van der Waals surface area contributed by atoms with Gasteiger partial charge in [-0.1, -0.05) is 0 Å². The smallest absolute Gasteiger partial charge is 0.195 e. The summed E-state index contributed by atoms with van der Waals surface area (Å²) in [6.07, 6.45) is 1.65. The Morgan fingerprint density at radius 3 is 2.74 bits per heavy atom. The molecule has 0 amide bonds. The summed E-state index contributed by atoms with van der Waals surface area (Å²) in [5, 5.41) is 12.5. The Kier molecular flexibility index (Phi) is 4.83. The first-order chi connectivity index (χ1) is 13.2. The van der Waals surface area contributed by atoms with E-state index in [1.807, 2.05) is 12.1 Å². The van der Waals surface area contributed by atoms with E-state index in [0.29, 0.717) is 22.7 Å². The van der Waals surface area contributed by atoms with Gasteiger partial charge in [0.25, 0.3) is 0 Å². The zero-order chi connectivity index (χ0) is 18.8. The molecule has 0 atom stereocenters. The van der Waals surface area contributed by atoms with Crippen molar-refractivity contribution in [3.63, 3.8) is 0 Å². The van der Waals surface area contributed by atoms with Crippen LogP contribution < -0.4 is 15.0 Å². The van der Waals surface area contributed by atoms with Crippen LogP contribution in [0, 0.1) is 0 Å². The van der Waals surface area contributed by atoms with Crippen LogP contribution in [-0.4, -0.2) is 55.5 Å². The number of aliphatic hydroxyl groups is 1. The molecule has 2 aromatic heterocycles. The van der Waals surface area contributed by atoms with E-state index < -0.39 is 0 Å². The highest BCUT2D eigenvalue weighted by Gasteiger charge is 2.20. The molecule has 0 bridgehead atoms. The number of benzene rings is 1. The number of rotatable bonds is 5. The minimum Gasteiger partial charge on any atom is -0.496 e. The number of aliphatic hydroxyl groups excluding tert-OH is 1. The zero-order valence-electron chi connectivity index (χ0n) is 15.4. The van der Waals surface area contributed by atoms with Gasteiger partial charge < -0.3 is 29.2 Å². The fourth-order valence-electron chi connectivity index (χ4n) is 3.32. The van der Waals surface area contributed by atoms with Crippen LogP contribution in [0.2, 0.25) is 0 Å². The predicted molar refractivity (Wildman–Crippen MR) is 102 cm³/mol. The van der Waals surface area contributed by atoms with E-state index in [-0.39, 0.29) is 6.61 Å². The van der Waals surface area contributed by atoms with E-state index in [1.54, 1.807) is 20.4 Å². The molecule has 0 radical (unpaired) electrons. The van der Waals surface area contributed by atoms with Gasteiger partial charge in [-0.05, 0) is 12.1 Å². The van der Waals surface area contributed by atoms with E-state index in [1.165, 1.54) is 0 Å². The van der Waals surface area contributed by atoms with Crippen LogP contribution >= 0.6 is 0 Å². The van der Waals surface area contributed by atoms with Crippen LogP contribution in [-0.2, 0) is 11.3 Å². The first kappa shape index (κ1) is 17.6. The maximum atomic E-state index is 9.47. The number of nitrogens with zero attached hydrogens (tertiary/aromatic N) is 3. The van der Waals surface area contributed by atoms with Gasteiger partial charge in [0.1, 0.15) is 24.1 Å². The molecule has 0 unspecified atom stereocenters. The molecule has 8 heteroatoms. The topological polar surface area (TPSA) is 92.9 Å². The average molecular weight is 370 g/mol. The summed E-state index contributed by atoms with van der Waals surface area (Å²) in [5.74, 6) is 1.61. The number of ether oxygens (including phenoxy) is 2. The van der Waals surface area contributed by atoms with Gasteiger partial charge in [0.2, 0.25) is 0 Å². The molecule has 0 spiro atoms. The van der Waals surface area contributed by atoms with E-state index in [0.717, 1.165) is 48.9 Å². The molecule has 0 saturated carbocycles. The van der Waals surface area contributed by atoms with Gasteiger partial charge in [0.15, 0.2) is 17.2 Å². The van der Waals surface area contributed by atoms with Crippen LogP contribution in [0.1, 0.15) is 5.82 Å². The summed E-state index contributed by atoms with van der Waals surface area (Å²) < 4.78 is 16.8. The van der Waals surface area contributed by atoms with E-state index >= 15 is 0 Å². The fourth-order valence-corrected chi connectivity index (χ4v) is 3.32. The highest BCUT2D eigenvalue weighted by molar-refractivity contribution is 5.97. The van der Waals surface area contributed by atoms with Crippen molar-refractivity contribution < 1.29 is 19.0 Å². The second-order valence-corrected chi connectivity index (χ2v) is 6.21. The lowest BCUT2D eigenvalue weighted by molar-refractivity contribution is 0.122. The third-order valence-corrected chi connectivity index (χ3v) is 4.69. The van der Waals surface area contributed by atoms with E-state index in [9.17, 15) is 5.11 Å². The van der Waals surface area contributed by atoms with Gasteiger partial charge in [0.05, 0.1) is 25.9 Å². The van der Waals surface area contributed by atoms with Crippen molar-refractivity contribution in [2.75, 3.05) is 50.7 Å². The normalized spacial score (nSPS) is 14.6. The molecule has 3 heterocycles. The van der Waals surface area contributed by atoms with Gasteiger partial charge >= 0.3 is 0 Å². The highest BCUT2D eigenvalue weighted by Crippen LogP contribution is 2.39. The minimum absolute atomic E-state index is 0.248. The summed E-state index contributed by atoms with van der Waals surface area (Å²) in [4.78, 5) is 11.0. The number of hydrogen-bond acceptors (Lipinski definition) is 8. The predicted octanol–water partition coefficient (Wildman–Crippen LogP) is 2.27. The average Bonchev–Trinajstić information content (AvgIpc) is 3.16. The van der Waals surface area contributed by atoms with Gasteiger partial charge in [0, 0.05) is 37.5 Å². The SMILES string of the molecule is CNc1nc(CO)nc2c(-c3ccc(N4CCOCC4)cc3OC)coc12. The molecule has 1 fully saturated rings. The van der Waals surface area contributed by atoms with Crippen LogP contribution in [0.25, 0.3) is 22.2 Å². The van der Waals surface area contributed by atoms with Crippen molar-refractivity contribution in [3.05, 3.63) is 30.3 Å². The van der Waals surface area contributed by atoms with Gasteiger partial charge in [-0.25, -0.2) is 9.97 Å². The molecule has 1 saturated heterocycles. The molecule has 142 valence electrons. The number of methoxy groups -OCH3 is 1. The number of nitrogens with one attached hydrogen (secondary N) is 1. The molecule has 2 N–H and O–H groups in total. The number of fused-ring (bicyclic) bond motifs is 1. The lowest BCUT2D eigenvalue weighted by atomic mass is 10.1. The maximum absolute atomic E-state index is 9.47. The number of aromatic nitrogens is 2. The Balaban J connectivity index is 1.80. The standard InChI is InChI=1S/C19H22N4O4/c1-20-19-18-17(21-16(10-24)22-19)14(11-27-18)13-4-3-12(9-15(13)25-2)23-5-7-26-8-6-23/h3-4,9,11,24H,5-8,10H2,1-2H3,(H,20,21,22). The van der Waals surface area contributed by atoms with Crippen LogP contribution in [0.5, 0.6) is 5.75 Å². The molecule has 3 aromatic rings. The number of morpholine rings is 1. The quantitative estimate of drug-likeness (QED) is 0.707. The van der Waals surface area contributed by atoms with Gasteiger partial charge in [-0.3, -0.25) is 0 Å². The summed E-state index contributed by atoms with van der Waals surface area (Å²) >= 11 is 0. The van der Waals surface area contributed by atoms with Crippen LogP contribution in [0.3, 0.4) is 0 Å². The van der Waals surface area contributed by atoms with Crippen molar-refractivity contribution in [2.24, 2.45) is 0 Å². The number of anilines is 2. The second-order valence-electron chi connectivity index (χ2n) is 6.21. The summed E-state index contributed by atoms with van der Waals surface area (Å²) in [7, 11) is 3.40. The van der Waals surface area contributed by atoms with Crippen molar-refractivity contribution in [2.45, 2.75) is 6.61 Å². The minimum atomic E-state index is -0.248. The number of furan rings is 1. The fraction of sp³-hybridized carbons (Fsp3) is 0.368. The first-order valence-electron chi connectivity index (χ1n) is 8.83. The molecule has 4 rings (SSSR count). The van der Waals surface area contributed by atoms with Crippen molar-refractivity contribution in [3.8, 4) is 16.9 Å². The lowest BCUT2D eigenvalue weighted by Crippen LogP contribution is -2.36. The Labute approximate surface area is 156 Å². The third kappa shape index (κ3) is 3.17.